The van der Waals surface area contributed by atoms with E-state index in [2.05, 4.69) is 0 Å². The van der Waals surface area contributed by atoms with Gasteiger partial charge in [-0.25, -0.2) is 0 Å². The molecule has 2 aromatic rings. The Kier molecular flexibility index (Phi) is 2.77. The molecule has 0 N–H and O–H groups in total. The lowest BCUT2D eigenvalue weighted by molar-refractivity contribution is 0.0260. The SMILES string of the molecule is N#CC1(C#N)[C@@H](c2ccco2)[C@H](c2ccco2)C1(C#N)C#N. The number of hydrogen-bond acceptors (Lipinski definition) is 6. The fourth-order valence-electron chi connectivity index (χ4n) is 3.27. The molecule has 2 atom stereocenters. The monoisotopic (exact) mass is 288 g/mol. The van der Waals surface area contributed by atoms with E-state index < -0.39 is 22.7 Å². The van der Waals surface area contributed by atoms with E-state index in [9.17, 15) is 21.0 Å². The van der Waals surface area contributed by atoms with E-state index in [4.69, 9.17) is 8.83 Å². The predicted octanol–water partition coefficient (Wildman–Crippen LogP) is 2.82. The minimum absolute atomic E-state index is 0.380. The van der Waals surface area contributed by atoms with Crippen LogP contribution in [-0.2, 0) is 0 Å². The van der Waals surface area contributed by atoms with Crippen molar-refractivity contribution in [3.63, 3.8) is 0 Å². The number of nitriles is 4. The lowest BCUT2D eigenvalue weighted by Gasteiger charge is -2.53. The first-order valence-electron chi connectivity index (χ1n) is 6.42. The Bertz CT molecular complexity index is 751. The summed E-state index contributed by atoms with van der Waals surface area (Å²) in [5, 5.41) is 38.3. The Balaban J connectivity index is 2.27. The highest BCUT2D eigenvalue weighted by Gasteiger charge is 2.78. The molecule has 3 rings (SSSR count). The topological polar surface area (TPSA) is 121 Å². The summed E-state index contributed by atoms with van der Waals surface area (Å²) in [5.74, 6) is -0.734. The van der Waals surface area contributed by atoms with E-state index >= 15 is 0 Å². The molecule has 1 saturated carbocycles. The van der Waals surface area contributed by atoms with Gasteiger partial charge in [-0.05, 0) is 24.3 Å². The summed E-state index contributed by atoms with van der Waals surface area (Å²) < 4.78 is 10.7. The molecule has 6 nitrogen and oxygen atoms in total. The van der Waals surface area contributed by atoms with E-state index in [0.717, 1.165) is 0 Å². The van der Waals surface area contributed by atoms with Crippen LogP contribution in [0.4, 0.5) is 0 Å². The first-order valence-corrected chi connectivity index (χ1v) is 6.42. The molecule has 2 heterocycles. The highest BCUT2D eigenvalue weighted by Crippen LogP contribution is 2.71. The third-order valence-electron chi connectivity index (χ3n) is 4.29. The molecule has 104 valence electrons. The molecule has 0 saturated heterocycles. The van der Waals surface area contributed by atoms with Crippen LogP contribution in [0.5, 0.6) is 0 Å². The molecular formula is C16H8N4O2. The molecule has 0 amide bonds. The predicted molar refractivity (Wildman–Crippen MR) is 70.2 cm³/mol. The van der Waals surface area contributed by atoms with Gasteiger partial charge in [0.2, 0.25) is 0 Å². The summed E-state index contributed by atoms with van der Waals surface area (Å²) in [6.45, 7) is 0. The molecule has 0 aliphatic heterocycles. The first-order chi connectivity index (χ1) is 10.7. The van der Waals surface area contributed by atoms with Crippen LogP contribution in [0.25, 0.3) is 0 Å². The summed E-state index contributed by atoms with van der Waals surface area (Å²) in [4.78, 5) is 0. The lowest BCUT2D eigenvalue weighted by Crippen LogP contribution is -2.60. The second-order valence-corrected chi connectivity index (χ2v) is 5.05. The maximum atomic E-state index is 9.57. The Morgan fingerprint density at radius 1 is 0.727 bits per heavy atom. The third kappa shape index (κ3) is 1.29. The Morgan fingerprint density at radius 3 is 1.32 bits per heavy atom. The van der Waals surface area contributed by atoms with Crippen LogP contribution in [0.3, 0.4) is 0 Å². The lowest BCUT2D eigenvalue weighted by atomic mass is 9.38. The van der Waals surface area contributed by atoms with Gasteiger partial charge in [-0.2, -0.15) is 21.0 Å². The van der Waals surface area contributed by atoms with Crippen molar-refractivity contribution < 1.29 is 8.83 Å². The van der Waals surface area contributed by atoms with Gasteiger partial charge in [-0.15, -0.1) is 0 Å². The Labute approximate surface area is 126 Å². The van der Waals surface area contributed by atoms with Crippen LogP contribution >= 0.6 is 0 Å². The average Bonchev–Trinajstić information content (AvgIpc) is 3.22. The second-order valence-electron chi connectivity index (χ2n) is 5.05. The van der Waals surface area contributed by atoms with Crippen molar-refractivity contribution >= 4 is 0 Å². The fourth-order valence-corrected chi connectivity index (χ4v) is 3.27. The van der Waals surface area contributed by atoms with Crippen molar-refractivity contribution in [1.29, 1.82) is 21.0 Å². The van der Waals surface area contributed by atoms with Crippen molar-refractivity contribution in [3.05, 3.63) is 48.3 Å². The van der Waals surface area contributed by atoms with Crippen LogP contribution < -0.4 is 0 Å². The van der Waals surface area contributed by atoms with Crippen molar-refractivity contribution in [2.24, 2.45) is 10.8 Å². The zero-order valence-corrected chi connectivity index (χ0v) is 11.2. The molecule has 22 heavy (non-hydrogen) atoms. The average molecular weight is 288 g/mol. The number of furan rings is 2. The summed E-state index contributed by atoms with van der Waals surface area (Å²) in [6, 6.07) is 14.0. The van der Waals surface area contributed by atoms with Crippen LogP contribution in [0.2, 0.25) is 0 Å². The zero-order valence-electron chi connectivity index (χ0n) is 11.2. The van der Waals surface area contributed by atoms with E-state index in [1.807, 2.05) is 24.3 Å². The van der Waals surface area contributed by atoms with E-state index in [1.54, 1.807) is 24.3 Å². The van der Waals surface area contributed by atoms with Gasteiger partial charge in [0.1, 0.15) is 11.5 Å². The Morgan fingerprint density at radius 2 is 1.09 bits per heavy atom. The van der Waals surface area contributed by atoms with Crippen molar-refractivity contribution in [2.75, 3.05) is 0 Å². The van der Waals surface area contributed by atoms with Crippen LogP contribution in [-0.4, -0.2) is 0 Å². The van der Waals surface area contributed by atoms with Gasteiger partial charge in [-0.3, -0.25) is 0 Å². The molecule has 2 aromatic heterocycles. The second kappa shape index (κ2) is 4.52. The summed E-state index contributed by atoms with van der Waals surface area (Å²) >= 11 is 0. The van der Waals surface area contributed by atoms with E-state index in [1.165, 1.54) is 12.5 Å². The summed E-state index contributed by atoms with van der Waals surface area (Å²) in [6.07, 6.45) is 2.85. The molecule has 1 aliphatic rings. The van der Waals surface area contributed by atoms with Gasteiger partial charge in [0.25, 0.3) is 0 Å². The molecule has 0 bridgehead atoms. The maximum Gasteiger partial charge on any atom is 0.186 e. The van der Waals surface area contributed by atoms with Gasteiger partial charge >= 0.3 is 0 Å². The number of hydrogen-bond donors (Lipinski definition) is 0. The van der Waals surface area contributed by atoms with Crippen molar-refractivity contribution in [2.45, 2.75) is 11.8 Å². The highest BCUT2D eigenvalue weighted by atomic mass is 16.3. The Hall–Kier alpha value is -3.48. The maximum absolute atomic E-state index is 9.57. The van der Waals surface area contributed by atoms with Gasteiger partial charge < -0.3 is 8.83 Å². The molecule has 1 fully saturated rings. The van der Waals surface area contributed by atoms with Gasteiger partial charge in [0.15, 0.2) is 10.8 Å². The van der Waals surface area contributed by atoms with E-state index in [-0.39, 0.29) is 0 Å². The molecule has 0 unspecified atom stereocenters. The number of rotatable bonds is 2. The van der Waals surface area contributed by atoms with Crippen LogP contribution in [0.1, 0.15) is 23.4 Å². The largest absolute Gasteiger partial charge is 0.469 e. The zero-order chi connectivity index (χ0) is 15.8. The summed E-state index contributed by atoms with van der Waals surface area (Å²) in [7, 11) is 0. The van der Waals surface area contributed by atoms with Crippen LogP contribution in [0, 0.1) is 56.2 Å². The fraction of sp³-hybridized carbons (Fsp3) is 0.250. The highest BCUT2D eigenvalue weighted by molar-refractivity contribution is 5.53. The van der Waals surface area contributed by atoms with Gasteiger partial charge in [0.05, 0.1) is 48.6 Å². The van der Waals surface area contributed by atoms with Crippen LogP contribution in [0.15, 0.2) is 45.6 Å². The quantitative estimate of drug-likeness (QED) is 0.837. The standard InChI is InChI=1S/C16H8N4O2/c17-7-15(8-18)13(11-3-1-5-21-11)14(12-4-2-6-22-12)16(15,9-19)10-20/h1-6,13-14H/t13-,14-/m0/s1. The number of nitrogens with zero attached hydrogens (tertiary/aromatic N) is 4. The van der Waals surface area contributed by atoms with Gasteiger partial charge in [0, 0.05) is 0 Å². The minimum Gasteiger partial charge on any atom is -0.469 e. The normalized spacial score (nSPS) is 24.0. The molecule has 0 radical (unpaired) electrons. The van der Waals surface area contributed by atoms with Crippen molar-refractivity contribution in [3.8, 4) is 24.3 Å². The molecule has 0 spiro atoms. The smallest absolute Gasteiger partial charge is 0.186 e. The van der Waals surface area contributed by atoms with Gasteiger partial charge in [-0.1, -0.05) is 0 Å². The molecular weight excluding hydrogens is 280 g/mol. The molecule has 1 aliphatic carbocycles. The molecule has 6 heteroatoms. The summed E-state index contributed by atoms with van der Waals surface area (Å²) in [5.41, 5.74) is -3.63. The third-order valence-corrected chi connectivity index (χ3v) is 4.29. The van der Waals surface area contributed by atoms with Crippen molar-refractivity contribution in [1.82, 2.24) is 0 Å². The first kappa shape index (κ1) is 13.5. The molecule has 0 aromatic carbocycles. The minimum atomic E-state index is -1.81. The van der Waals surface area contributed by atoms with E-state index in [0.29, 0.717) is 11.5 Å².